The maximum atomic E-state index is 11.5. The summed E-state index contributed by atoms with van der Waals surface area (Å²) in [5.41, 5.74) is 0. The number of hydrogen-bond acceptors (Lipinski definition) is 4. The summed E-state index contributed by atoms with van der Waals surface area (Å²) in [6.07, 6.45) is 2.35. The van der Waals surface area contributed by atoms with E-state index < -0.39 is 18.0 Å². The van der Waals surface area contributed by atoms with Crippen molar-refractivity contribution in [2.24, 2.45) is 5.92 Å². The molecule has 0 fully saturated rings. The fourth-order valence-electron chi connectivity index (χ4n) is 1.37. The molecule has 6 nitrogen and oxygen atoms in total. The van der Waals surface area contributed by atoms with Gasteiger partial charge in [0.15, 0.2) is 0 Å². The molecule has 0 spiro atoms. The maximum Gasteiger partial charge on any atom is 0.326 e. The highest BCUT2D eigenvalue weighted by molar-refractivity contribution is 7.09. The molecule has 7 heteroatoms. The van der Waals surface area contributed by atoms with E-state index in [2.05, 4.69) is 15.6 Å². The summed E-state index contributed by atoms with van der Waals surface area (Å²) in [6, 6.07) is -1.34. The minimum Gasteiger partial charge on any atom is -0.480 e. The van der Waals surface area contributed by atoms with Crippen LogP contribution in [0.1, 0.15) is 18.9 Å². The summed E-state index contributed by atoms with van der Waals surface area (Å²) in [5, 5.41) is 16.8. The van der Waals surface area contributed by atoms with Crippen LogP contribution >= 0.6 is 11.3 Å². The largest absolute Gasteiger partial charge is 0.480 e. The molecule has 0 unspecified atom stereocenters. The second kappa shape index (κ2) is 6.95. The molecule has 0 saturated heterocycles. The molecule has 3 N–H and O–H groups in total. The Bertz CT molecular complexity index is 392. The van der Waals surface area contributed by atoms with Gasteiger partial charge >= 0.3 is 12.0 Å². The Morgan fingerprint density at radius 1 is 1.50 bits per heavy atom. The van der Waals surface area contributed by atoms with E-state index in [9.17, 15) is 9.59 Å². The van der Waals surface area contributed by atoms with Crippen LogP contribution < -0.4 is 10.6 Å². The fraction of sp³-hybridized carbons (Fsp3) is 0.545. The number of amides is 2. The first kappa shape index (κ1) is 14.4. The normalized spacial score (nSPS) is 12.2. The first-order valence-corrected chi connectivity index (χ1v) is 6.54. The summed E-state index contributed by atoms with van der Waals surface area (Å²) in [6.45, 7) is 3.92. The number of urea groups is 1. The van der Waals surface area contributed by atoms with E-state index in [1.54, 1.807) is 20.0 Å². The molecule has 1 atom stereocenters. The van der Waals surface area contributed by atoms with Gasteiger partial charge in [-0.1, -0.05) is 13.8 Å². The number of carboxylic acids is 1. The third-order valence-electron chi connectivity index (χ3n) is 2.33. The standard InChI is InChI=1S/C11H17N3O3S/c1-7(2)9(10(15)16)14-11(17)13-4-3-8-12-5-6-18-8/h5-7,9H,3-4H2,1-2H3,(H,15,16)(H2,13,14,17)/t9-/m1/s1. The van der Waals surface area contributed by atoms with E-state index in [0.29, 0.717) is 13.0 Å². The molecule has 100 valence electrons. The monoisotopic (exact) mass is 271 g/mol. The van der Waals surface area contributed by atoms with Crippen LogP contribution in [-0.4, -0.2) is 34.7 Å². The summed E-state index contributed by atoms with van der Waals surface area (Å²) in [4.78, 5) is 26.5. The number of nitrogens with zero attached hydrogens (tertiary/aromatic N) is 1. The predicted octanol–water partition coefficient (Wildman–Crippen LogP) is 1.09. The minimum atomic E-state index is -1.03. The Morgan fingerprint density at radius 3 is 2.72 bits per heavy atom. The van der Waals surface area contributed by atoms with E-state index in [0.717, 1.165) is 5.01 Å². The number of carbonyl (C=O) groups is 2. The quantitative estimate of drug-likeness (QED) is 0.722. The Labute approximate surface area is 109 Å². The molecule has 0 aromatic carbocycles. The molecular formula is C11H17N3O3S. The van der Waals surface area contributed by atoms with Gasteiger partial charge in [0.1, 0.15) is 6.04 Å². The van der Waals surface area contributed by atoms with Gasteiger partial charge in [-0.2, -0.15) is 0 Å². The molecule has 0 saturated carbocycles. The average Bonchev–Trinajstić information content (AvgIpc) is 2.78. The SMILES string of the molecule is CC(C)[C@@H](NC(=O)NCCc1nccs1)C(=O)O. The highest BCUT2D eigenvalue weighted by Gasteiger charge is 2.22. The zero-order chi connectivity index (χ0) is 13.5. The topological polar surface area (TPSA) is 91.3 Å². The van der Waals surface area contributed by atoms with E-state index in [1.165, 1.54) is 11.3 Å². The first-order valence-electron chi connectivity index (χ1n) is 5.66. The number of carbonyl (C=O) groups excluding carboxylic acids is 1. The molecular weight excluding hydrogens is 254 g/mol. The lowest BCUT2D eigenvalue weighted by Gasteiger charge is -2.18. The van der Waals surface area contributed by atoms with Crippen molar-refractivity contribution in [2.75, 3.05) is 6.54 Å². The Morgan fingerprint density at radius 2 is 2.22 bits per heavy atom. The van der Waals surface area contributed by atoms with Crippen molar-refractivity contribution >= 4 is 23.3 Å². The zero-order valence-corrected chi connectivity index (χ0v) is 11.2. The molecule has 0 bridgehead atoms. The number of hydrogen-bond donors (Lipinski definition) is 3. The van der Waals surface area contributed by atoms with Gasteiger partial charge in [-0.3, -0.25) is 0 Å². The van der Waals surface area contributed by atoms with E-state index in [-0.39, 0.29) is 5.92 Å². The number of rotatable bonds is 6. The van der Waals surface area contributed by atoms with Crippen molar-refractivity contribution in [1.29, 1.82) is 0 Å². The summed E-state index contributed by atoms with van der Waals surface area (Å²) >= 11 is 1.52. The van der Waals surface area contributed by atoms with Gasteiger partial charge in [0.25, 0.3) is 0 Å². The van der Waals surface area contributed by atoms with Crippen LogP contribution in [0.25, 0.3) is 0 Å². The molecule has 0 aliphatic heterocycles. The molecule has 0 aliphatic rings. The molecule has 1 heterocycles. The Hall–Kier alpha value is -1.63. The summed E-state index contributed by atoms with van der Waals surface area (Å²) < 4.78 is 0. The predicted molar refractivity (Wildman–Crippen MR) is 68.6 cm³/mol. The maximum absolute atomic E-state index is 11.5. The van der Waals surface area contributed by atoms with Crippen LogP contribution in [0.15, 0.2) is 11.6 Å². The van der Waals surface area contributed by atoms with Crippen molar-refractivity contribution in [1.82, 2.24) is 15.6 Å². The molecule has 0 aliphatic carbocycles. The molecule has 18 heavy (non-hydrogen) atoms. The summed E-state index contributed by atoms with van der Waals surface area (Å²) in [5.74, 6) is -1.19. The van der Waals surface area contributed by atoms with Gasteiger partial charge in [0.05, 0.1) is 5.01 Å². The molecule has 0 radical (unpaired) electrons. The average molecular weight is 271 g/mol. The van der Waals surface area contributed by atoms with Crippen LogP contribution in [0, 0.1) is 5.92 Å². The van der Waals surface area contributed by atoms with Crippen molar-refractivity contribution < 1.29 is 14.7 Å². The van der Waals surface area contributed by atoms with E-state index >= 15 is 0 Å². The smallest absolute Gasteiger partial charge is 0.326 e. The molecule has 1 aromatic heterocycles. The van der Waals surface area contributed by atoms with Crippen LogP contribution in [0.5, 0.6) is 0 Å². The number of carboxylic acid groups (broad SMARTS) is 1. The van der Waals surface area contributed by atoms with Crippen molar-refractivity contribution in [3.8, 4) is 0 Å². The van der Waals surface area contributed by atoms with Gasteiger partial charge in [0.2, 0.25) is 0 Å². The number of aromatic nitrogens is 1. The van der Waals surface area contributed by atoms with Gasteiger partial charge in [-0.15, -0.1) is 11.3 Å². The van der Waals surface area contributed by atoms with Crippen LogP contribution in [0.4, 0.5) is 4.79 Å². The van der Waals surface area contributed by atoms with Gasteiger partial charge in [-0.05, 0) is 5.92 Å². The van der Waals surface area contributed by atoms with E-state index in [4.69, 9.17) is 5.11 Å². The second-order valence-electron chi connectivity index (χ2n) is 4.14. The second-order valence-corrected chi connectivity index (χ2v) is 5.12. The van der Waals surface area contributed by atoms with Crippen LogP contribution in [0.2, 0.25) is 0 Å². The number of nitrogens with one attached hydrogen (secondary N) is 2. The Balaban J connectivity index is 2.30. The number of aliphatic carboxylic acids is 1. The fourth-order valence-corrected chi connectivity index (χ4v) is 1.99. The molecule has 1 rings (SSSR count). The van der Waals surface area contributed by atoms with E-state index in [1.807, 2.05) is 5.38 Å². The highest BCUT2D eigenvalue weighted by atomic mass is 32.1. The zero-order valence-electron chi connectivity index (χ0n) is 10.3. The molecule has 1 aromatic rings. The number of thiazole rings is 1. The summed E-state index contributed by atoms with van der Waals surface area (Å²) in [7, 11) is 0. The van der Waals surface area contributed by atoms with Gasteiger partial charge in [-0.25, -0.2) is 14.6 Å². The van der Waals surface area contributed by atoms with Crippen molar-refractivity contribution in [3.63, 3.8) is 0 Å². The van der Waals surface area contributed by atoms with Crippen LogP contribution in [0.3, 0.4) is 0 Å². The van der Waals surface area contributed by atoms with Gasteiger partial charge in [0, 0.05) is 24.5 Å². The highest BCUT2D eigenvalue weighted by Crippen LogP contribution is 2.04. The van der Waals surface area contributed by atoms with Crippen molar-refractivity contribution in [2.45, 2.75) is 26.3 Å². The molecule has 2 amide bonds. The van der Waals surface area contributed by atoms with Crippen LogP contribution in [-0.2, 0) is 11.2 Å². The third-order valence-corrected chi connectivity index (χ3v) is 3.17. The van der Waals surface area contributed by atoms with Gasteiger partial charge < -0.3 is 15.7 Å². The lowest BCUT2D eigenvalue weighted by molar-refractivity contribution is -0.140. The first-order chi connectivity index (χ1) is 8.50. The lowest BCUT2D eigenvalue weighted by Crippen LogP contribution is -2.48. The lowest BCUT2D eigenvalue weighted by atomic mass is 10.1. The third kappa shape index (κ3) is 4.70. The Kier molecular flexibility index (Phi) is 5.57. The van der Waals surface area contributed by atoms with Crippen molar-refractivity contribution in [3.05, 3.63) is 16.6 Å². The minimum absolute atomic E-state index is 0.160.